The van der Waals surface area contributed by atoms with Crippen molar-refractivity contribution in [3.05, 3.63) is 34.1 Å². The molecule has 0 heterocycles. The Morgan fingerprint density at radius 2 is 2.24 bits per heavy atom. The van der Waals surface area contributed by atoms with Gasteiger partial charge in [-0.25, -0.2) is 4.39 Å². The molecule has 0 saturated heterocycles. The Labute approximate surface area is 108 Å². The van der Waals surface area contributed by atoms with Crippen LogP contribution in [0.3, 0.4) is 0 Å². The Morgan fingerprint density at radius 3 is 2.76 bits per heavy atom. The first-order valence-electron chi connectivity index (χ1n) is 5.32. The molecule has 17 heavy (non-hydrogen) atoms. The van der Waals surface area contributed by atoms with Crippen molar-refractivity contribution < 1.29 is 14.3 Å². The number of carboxylic acid groups (broad SMARTS) is 1. The van der Waals surface area contributed by atoms with Crippen LogP contribution in [-0.4, -0.2) is 29.1 Å². The number of nitrogens with zero attached hydrogens (tertiary/aromatic N) is 1. The van der Waals surface area contributed by atoms with Gasteiger partial charge in [0.2, 0.25) is 0 Å². The molecule has 94 valence electrons. The standard InChI is InChI=1S/C12H15BrFNO2/c1-3-11(12(16)17)15(2)7-8-6-9(13)4-5-10(8)14/h4-6,11H,3,7H2,1-2H3,(H,16,17). The lowest BCUT2D eigenvalue weighted by Gasteiger charge is -2.23. The van der Waals surface area contributed by atoms with E-state index >= 15 is 0 Å². The third kappa shape index (κ3) is 3.78. The Bertz CT molecular complexity index is 411. The predicted molar refractivity (Wildman–Crippen MR) is 67.3 cm³/mol. The van der Waals surface area contributed by atoms with Crippen molar-refractivity contribution in [2.45, 2.75) is 25.9 Å². The Kier molecular flexibility index (Phi) is 5.08. The topological polar surface area (TPSA) is 40.5 Å². The van der Waals surface area contributed by atoms with Crippen molar-refractivity contribution >= 4 is 21.9 Å². The first-order valence-corrected chi connectivity index (χ1v) is 6.12. The van der Waals surface area contributed by atoms with Gasteiger partial charge in [-0.15, -0.1) is 0 Å². The molecule has 0 saturated carbocycles. The molecule has 3 nitrogen and oxygen atoms in total. The summed E-state index contributed by atoms with van der Waals surface area (Å²) in [5.74, 6) is -1.20. The van der Waals surface area contributed by atoms with Gasteiger partial charge in [0.25, 0.3) is 0 Å². The van der Waals surface area contributed by atoms with Gasteiger partial charge in [-0.05, 0) is 31.7 Å². The van der Waals surface area contributed by atoms with Gasteiger partial charge in [0.05, 0.1) is 0 Å². The molecule has 1 N–H and O–H groups in total. The molecule has 5 heteroatoms. The monoisotopic (exact) mass is 303 g/mol. The quantitative estimate of drug-likeness (QED) is 0.909. The van der Waals surface area contributed by atoms with Crippen LogP contribution in [0.5, 0.6) is 0 Å². The van der Waals surface area contributed by atoms with Crippen molar-refractivity contribution in [2.75, 3.05) is 7.05 Å². The minimum absolute atomic E-state index is 0.274. The molecule has 0 fully saturated rings. The summed E-state index contributed by atoms with van der Waals surface area (Å²) in [6.07, 6.45) is 0.488. The zero-order valence-electron chi connectivity index (χ0n) is 9.78. The molecule has 0 spiro atoms. The summed E-state index contributed by atoms with van der Waals surface area (Å²) in [5, 5.41) is 9.00. The second kappa shape index (κ2) is 6.12. The fraction of sp³-hybridized carbons (Fsp3) is 0.417. The fourth-order valence-corrected chi connectivity index (χ4v) is 2.13. The lowest BCUT2D eigenvalue weighted by atomic mass is 10.1. The minimum Gasteiger partial charge on any atom is -0.480 e. The molecule has 1 aromatic carbocycles. The fourth-order valence-electron chi connectivity index (χ4n) is 1.72. The van der Waals surface area contributed by atoms with Gasteiger partial charge in [-0.3, -0.25) is 9.69 Å². The van der Waals surface area contributed by atoms with E-state index in [4.69, 9.17) is 5.11 Å². The third-order valence-corrected chi connectivity index (χ3v) is 3.12. The van der Waals surface area contributed by atoms with E-state index in [-0.39, 0.29) is 12.4 Å². The van der Waals surface area contributed by atoms with Crippen molar-refractivity contribution in [3.8, 4) is 0 Å². The SMILES string of the molecule is CCC(C(=O)O)N(C)Cc1cc(Br)ccc1F. The van der Waals surface area contributed by atoms with Crippen LogP contribution in [0.1, 0.15) is 18.9 Å². The molecule has 0 aromatic heterocycles. The number of likely N-dealkylation sites (N-methyl/N-ethyl adjacent to an activating group) is 1. The van der Waals surface area contributed by atoms with E-state index in [1.807, 2.05) is 0 Å². The van der Waals surface area contributed by atoms with E-state index in [1.165, 1.54) is 6.07 Å². The van der Waals surface area contributed by atoms with Crippen LogP contribution in [-0.2, 0) is 11.3 Å². The summed E-state index contributed by atoms with van der Waals surface area (Å²) in [5.41, 5.74) is 0.488. The largest absolute Gasteiger partial charge is 0.480 e. The molecule has 0 bridgehead atoms. The molecule has 0 aliphatic heterocycles. The highest BCUT2D eigenvalue weighted by Gasteiger charge is 2.21. The molecule has 1 atom stereocenters. The second-order valence-corrected chi connectivity index (χ2v) is 4.83. The first kappa shape index (κ1) is 14.1. The zero-order valence-corrected chi connectivity index (χ0v) is 11.4. The summed E-state index contributed by atoms with van der Waals surface area (Å²) in [6.45, 7) is 2.07. The van der Waals surface area contributed by atoms with Gasteiger partial charge in [0.15, 0.2) is 0 Å². The second-order valence-electron chi connectivity index (χ2n) is 3.91. The number of hydrogen-bond donors (Lipinski definition) is 1. The van der Waals surface area contributed by atoms with E-state index in [0.29, 0.717) is 12.0 Å². The third-order valence-electron chi connectivity index (χ3n) is 2.63. The molecular weight excluding hydrogens is 289 g/mol. The maximum atomic E-state index is 13.5. The smallest absolute Gasteiger partial charge is 0.320 e. The summed E-state index contributed by atoms with van der Waals surface area (Å²) >= 11 is 3.27. The Balaban J connectivity index is 2.83. The van der Waals surface area contributed by atoms with Crippen LogP contribution in [0.2, 0.25) is 0 Å². The van der Waals surface area contributed by atoms with Gasteiger partial charge in [0.1, 0.15) is 11.9 Å². The first-order chi connectivity index (χ1) is 7.95. The summed E-state index contributed by atoms with van der Waals surface area (Å²) in [4.78, 5) is 12.6. The molecule has 0 aliphatic rings. The number of carboxylic acids is 1. The summed E-state index contributed by atoms with van der Waals surface area (Å²) in [6, 6.07) is 4.07. The molecule has 1 aromatic rings. The van der Waals surface area contributed by atoms with E-state index in [0.717, 1.165) is 4.47 Å². The Hall–Kier alpha value is -0.940. The van der Waals surface area contributed by atoms with Gasteiger partial charge in [-0.1, -0.05) is 22.9 Å². The molecule has 1 unspecified atom stereocenters. The summed E-state index contributed by atoms with van der Waals surface area (Å²) < 4.78 is 14.3. The average molecular weight is 304 g/mol. The number of hydrogen-bond acceptors (Lipinski definition) is 2. The number of halogens is 2. The molecule has 0 aliphatic carbocycles. The van der Waals surface area contributed by atoms with Crippen LogP contribution in [0.15, 0.2) is 22.7 Å². The highest BCUT2D eigenvalue weighted by Crippen LogP contribution is 2.18. The van der Waals surface area contributed by atoms with Gasteiger partial charge in [-0.2, -0.15) is 0 Å². The molecule has 0 radical (unpaired) electrons. The zero-order chi connectivity index (χ0) is 13.0. The number of benzene rings is 1. The van der Waals surface area contributed by atoms with E-state index < -0.39 is 12.0 Å². The molecular formula is C12H15BrFNO2. The Morgan fingerprint density at radius 1 is 1.59 bits per heavy atom. The van der Waals surface area contributed by atoms with Crippen LogP contribution in [0.25, 0.3) is 0 Å². The van der Waals surface area contributed by atoms with Crippen LogP contribution < -0.4 is 0 Å². The maximum absolute atomic E-state index is 13.5. The highest BCUT2D eigenvalue weighted by molar-refractivity contribution is 9.10. The average Bonchev–Trinajstić information content (AvgIpc) is 2.24. The predicted octanol–water partition coefficient (Wildman–Crippen LogP) is 2.88. The molecule has 0 amide bonds. The normalized spacial score (nSPS) is 12.8. The van der Waals surface area contributed by atoms with E-state index in [1.54, 1.807) is 31.0 Å². The van der Waals surface area contributed by atoms with Crippen LogP contribution in [0.4, 0.5) is 4.39 Å². The number of rotatable bonds is 5. The minimum atomic E-state index is -0.884. The maximum Gasteiger partial charge on any atom is 0.320 e. The number of carbonyl (C=O) groups is 1. The lowest BCUT2D eigenvalue weighted by molar-refractivity contribution is -0.143. The molecule has 1 rings (SSSR count). The van der Waals surface area contributed by atoms with Crippen LogP contribution in [0, 0.1) is 5.82 Å². The van der Waals surface area contributed by atoms with Crippen molar-refractivity contribution in [3.63, 3.8) is 0 Å². The summed E-state index contributed by atoms with van der Waals surface area (Å²) in [7, 11) is 1.68. The van der Waals surface area contributed by atoms with Crippen LogP contribution >= 0.6 is 15.9 Å². The van der Waals surface area contributed by atoms with Gasteiger partial charge >= 0.3 is 5.97 Å². The lowest BCUT2D eigenvalue weighted by Crippen LogP contribution is -2.37. The van der Waals surface area contributed by atoms with Crippen molar-refractivity contribution in [1.82, 2.24) is 4.90 Å². The number of aliphatic carboxylic acids is 1. The highest BCUT2D eigenvalue weighted by atomic mass is 79.9. The van der Waals surface area contributed by atoms with Gasteiger partial charge < -0.3 is 5.11 Å². The van der Waals surface area contributed by atoms with Gasteiger partial charge in [0, 0.05) is 16.6 Å². The van der Waals surface area contributed by atoms with Crippen molar-refractivity contribution in [2.24, 2.45) is 0 Å². The van der Waals surface area contributed by atoms with E-state index in [2.05, 4.69) is 15.9 Å². The van der Waals surface area contributed by atoms with E-state index in [9.17, 15) is 9.18 Å². The van der Waals surface area contributed by atoms with Crippen molar-refractivity contribution in [1.29, 1.82) is 0 Å².